The maximum absolute atomic E-state index is 11.7. The van der Waals surface area contributed by atoms with E-state index in [4.69, 9.17) is 61.7 Å². The second-order valence-electron chi connectivity index (χ2n) is 23.1. The minimum absolute atomic E-state index is 0.0503. The van der Waals surface area contributed by atoms with Gasteiger partial charge in [0.05, 0.1) is 176 Å². The highest BCUT2D eigenvalue weighted by Gasteiger charge is 2.45. The summed E-state index contributed by atoms with van der Waals surface area (Å²) >= 11 is 0. The number of fused-ring (bicyclic) bond motifs is 6. The molecule has 7 rings (SSSR count). The molecule has 22 nitrogen and oxygen atoms in total. The van der Waals surface area contributed by atoms with Crippen molar-refractivity contribution in [2.75, 3.05) is 182 Å². The molecular weight excluding hydrogens is 1220 g/mol. The number of carbonyl (C=O) groups is 3. The summed E-state index contributed by atoms with van der Waals surface area (Å²) in [6.45, 7) is 20.5. The largest absolute Gasteiger partial charge is 0.378 e. The first-order chi connectivity index (χ1) is 45.2. The van der Waals surface area contributed by atoms with Gasteiger partial charge in [-0.15, -0.1) is 5.06 Å². The zero-order valence-corrected chi connectivity index (χ0v) is 55.5. The first kappa shape index (κ1) is 74.3. The van der Waals surface area contributed by atoms with E-state index in [0.29, 0.717) is 176 Å². The van der Waals surface area contributed by atoms with E-state index in [1.54, 1.807) is 0 Å². The third-order valence-electron chi connectivity index (χ3n) is 15.7. The van der Waals surface area contributed by atoms with E-state index in [2.05, 4.69) is 140 Å². The van der Waals surface area contributed by atoms with Crippen molar-refractivity contribution in [1.29, 1.82) is 0 Å². The van der Waals surface area contributed by atoms with E-state index in [1.165, 1.54) is 44.1 Å². The number of imide groups is 1. The fraction of sp³-hybridized carbons (Fsp3) is 0.543. The van der Waals surface area contributed by atoms with E-state index < -0.39 is 27.9 Å². The molecule has 0 saturated carbocycles. The van der Waals surface area contributed by atoms with Crippen LogP contribution in [0.2, 0.25) is 0 Å². The van der Waals surface area contributed by atoms with Crippen LogP contribution in [0.3, 0.4) is 0 Å². The van der Waals surface area contributed by atoms with Gasteiger partial charge in [-0.3, -0.25) is 14.1 Å². The van der Waals surface area contributed by atoms with Gasteiger partial charge in [-0.05, 0) is 65.6 Å². The van der Waals surface area contributed by atoms with Crippen molar-refractivity contribution in [2.24, 2.45) is 0 Å². The van der Waals surface area contributed by atoms with Crippen molar-refractivity contribution in [1.82, 2.24) is 5.06 Å². The molecule has 4 aromatic rings. The lowest BCUT2D eigenvalue weighted by Crippen LogP contribution is -2.32. The molecule has 23 heteroatoms. The van der Waals surface area contributed by atoms with Gasteiger partial charge in [0.1, 0.15) is 6.54 Å². The van der Waals surface area contributed by atoms with Crippen LogP contribution in [0, 0.1) is 0 Å². The van der Waals surface area contributed by atoms with Gasteiger partial charge in [0, 0.05) is 60.3 Å². The number of anilines is 1. The molecule has 3 heterocycles. The van der Waals surface area contributed by atoms with E-state index in [1.807, 2.05) is 12.2 Å². The number of allylic oxidation sites excluding steroid dienone is 8. The Morgan fingerprint density at radius 1 is 0.505 bits per heavy atom. The first-order valence-corrected chi connectivity index (χ1v) is 33.9. The maximum Gasteiger partial charge on any atom is 0.335 e. The number of ether oxygens (including phenoxy) is 12. The molecule has 0 unspecified atom stereocenters. The number of benzene rings is 4. The van der Waals surface area contributed by atoms with Gasteiger partial charge >= 0.3 is 5.97 Å². The van der Waals surface area contributed by atoms with Gasteiger partial charge in [0.15, 0.2) is 5.71 Å². The molecule has 93 heavy (non-hydrogen) atoms. The molecular formula is C70H96N3O19S+. The van der Waals surface area contributed by atoms with Crippen molar-refractivity contribution < 1.29 is 93.6 Å². The van der Waals surface area contributed by atoms with Crippen LogP contribution in [0.1, 0.15) is 70.9 Å². The van der Waals surface area contributed by atoms with Crippen LogP contribution in [0.15, 0.2) is 121 Å². The fourth-order valence-electron chi connectivity index (χ4n) is 11.2. The van der Waals surface area contributed by atoms with Crippen LogP contribution in [0.5, 0.6) is 0 Å². The predicted octanol–water partition coefficient (Wildman–Crippen LogP) is 8.58. The molecule has 3 aliphatic heterocycles. The molecule has 1 saturated heterocycles. The average molecular weight is 1320 g/mol. The predicted molar refractivity (Wildman–Crippen MR) is 354 cm³/mol. The Bertz CT molecular complexity index is 3240. The van der Waals surface area contributed by atoms with Crippen LogP contribution in [0.4, 0.5) is 11.4 Å². The zero-order chi connectivity index (χ0) is 66.0. The Kier molecular flexibility index (Phi) is 32.2. The molecule has 0 atom stereocenters. The zero-order valence-electron chi connectivity index (χ0n) is 54.6. The molecule has 0 spiro atoms. The molecule has 2 amide bonds. The highest BCUT2D eigenvalue weighted by atomic mass is 32.2. The quantitative estimate of drug-likeness (QED) is 0.0143. The maximum atomic E-state index is 11.7. The van der Waals surface area contributed by atoms with Crippen molar-refractivity contribution in [3.8, 4) is 0 Å². The molecule has 3 aliphatic rings. The Labute approximate surface area is 547 Å². The lowest BCUT2D eigenvalue weighted by Gasteiger charge is -2.27. The van der Waals surface area contributed by atoms with E-state index in [0.717, 1.165) is 11.4 Å². The average Bonchev–Trinajstić information content (AvgIpc) is 1.59. The Morgan fingerprint density at radius 2 is 0.925 bits per heavy atom. The summed E-state index contributed by atoms with van der Waals surface area (Å²) in [5, 5.41) is 5.36. The lowest BCUT2D eigenvalue weighted by molar-refractivity contribution is -0.438. The molecule has 0 aromatic heterocycles. The van der Waals surface area contributed by atoms with Gasteiger partial charge < -0.3 is 66.6 Å². The van der Waals surface area contributed by atoms with Crippen LogP contribution in [0.25, 0.3) is 21.5 Å². The summed E-state index contributed by atoms with van der Waals surface area (Å²) in [5.41, 5.74) is 6.60. The third-order valence-corrected chi connectivity index (χ3v) is 16.5. The summed E-state index contributed by atoms with van der Waals surface area (Å²) < 4.78 is 102. The monoisotopic (exact) mass is 1310 g/mol. The van der Waals surface area contributed by atoms with Crippen LogP contribution in [-0.4, -0.2) is 224 Å². The first-order valence-electron chi connectivity index (χ1n) is 32.3. The number of hydrogen-bond donors (Lipinski definition) is 1. The molecule has 1 N–H and O–H groups in total. The topological polar surface area (TPSA) is 235 Å². The normalized spacial score (nSPS) is 15.9. The standard InChI is InChI=1S/C70H95N3O19S/c1-69(2)62(71(29-14-15-55-93(77,78)79)60-24-22-56-16-10-12-18-58(56)67(60)69)20-8-6-5-7-9-21-63-70(3,4)68-59-19-13-11-17-57(59)23-25-61(68)72(63)30-32-81-34-36-83-38-40-85-42-44-87-46-48-89-50-52-91-54-53-90-51-49-88-47-45-86-43-41-84-39-37-82-35-33-80-31-28-66(76)92-73-64(74)26-27-65(73)75/h5-13,16-25H,14-15,26-55H2,1-4H3/p+1. The third kappa shape index (κ3) is 24.2. The van der Waals surface area contributed by atoms with Crippen LogP contribution in [-0.2, 0) is 97.0 Å². The van der Waals surface area contributed by atoms with E-state index in [9.17, 15) is 27.4 Å². The Morgan fingerprint density at radius 3 is 1.41 bits per heavy atom. The lowest BCUT2D eigenvalue weighted by atomic mass is 9.79. The number of rotatable bonds is 49. The highest BCUT2D eigenvalue weighted by molar-refractivity contribution is 7.85. The summed E-state index contributed by atoms with van der Waals surface area (Å²) in [6, 6.07) is 25.7. The van der Waals surface area contributed by atoms with Crippen molar-refractivity contribution in [3.63, 3.8) is 0 Å². The van der Waals surface area contributed by atoms with E-state index >= 15 is 0 Å². The minimum Gasteiger partial charge on any atom is -0.378 e. The van der Waals surface area contributed by atoms with Crippen LogP contribution >= 0.6 is 0 Å². The molecule has 0 bridgehead atoms. The summed E-state index contributed by atoms with van der Waals surface area (Å²) in [4.78, 5) is 41.8. The van der Waals surface area contributed by atoms with Gasteiger partial charge in [-0.1, -0.05) is 98.8 Å². The van der Waals surface area contributed by atoms with Crippen molar-refractivity contribution >= 4 is 66.5 Å². The second kappa shape index (κ2) is 40.3. The summed E-state index contributed by atoms with van der Waals surface area (Å²) in [7, 11) is -4.02. The smallest absolute Gasteiger partial charge is 0.335 e. The molecule has 0 radical (unpaired) electrons. The SMILES string of the molecule is CC1(C)C(/C=C/C=C/C=C/C=C2\N(CCOCCOCCOCCOCCOCCOCCOCCOCCOCCOCCOCCOCCC(=O)ON3C(=O)CCC3=O)c3ccc4ccccc4c3C2(C)C)=[N+](CCCCS(=O)(=O)O)c2ccc3ccccc3c21. The number of amides is 2. The minimum atomic E-state index is -4.02. The summed E-state index contributed by atoms with van der Waals surface area (Å²) in [5.74, 6) is -1.99. The number of unbranched alkanes of at least 4 members (excludes halogenated alkanes) is 1. The molecule has 4 aromatic carbocycles. The molecule has 0 aliphatic carbocycles. The molecule has 1 fully saturated rings. The van der Waals surface area contributed by atoms with Crippen LogP contribution < -0.4 is 4.90 Å². The van der Waals surface area contributed by atoms with Gasteiger partial charge in [-0.2, -0.15) is 13.0 Å². The van der Waals surface area contributed by atoms with Gasteiger partial charge in [0.25, 0.3) is 21.9 Å². The fourth-order valence-corrected chi connectivity index (χ4v) is 11.8. The van der Waals surface area contributed by atoms with Crippen molar-refractivity contribution in [2.45, 2.75) is 70.6 Å². The van der Waals surface area contributed by atoms with Gasteiger partial charge in [0.2, 0.25) is 5.69 Å². The Balaban J connectivity index is 0.665. The molecule has 510 valence electrons. The van der Waals surface area contributed by atoms with Crippen molar-refractivity contribution in [3.05, 3.63) is 132 Å². The number of nitrogens with zero attached hydrogens (tertiary/aromatic N) is 3. The van der Waals surface area contributed by atoms with Gasteiger partial charge in [-0.25, -0.2) is 4.79 Å². The summed E-state index contributed by atoms with van der Waals surface area (Å²) in [6.07, 6.45) is 15.7. The second-order valence-corrected chi connectivity index (χ2v) is 24.7. The number of hydroxylamine groups is 2. The number of hydrogen-bond acceptors (Lipinski definition) is 19. The van der Waals surface area contributed by atoms with E-state index in [-0.39, 0.29) is 49.1 Å². The number of carbonyl (C=O) groups excluding carboxylic acids is 3. The highest BCUT2D eigenvalue weighted by Crippen LogP contribution is 2.51. The Hall–Kier alpha value is -6.13.